The van der Waals surface area contributed by atoms with Crippen molar-refractivity contribution in [3.8, 4) is 0 Å². The monoisotopic (exact) mass is 1210 g/mol. The lowest BCUT2D eigenvalue weighted by Gasteiger charge is -2.27. The van der Waals surface area contributed by atoms with E-state index in [0.29, 0.717) is 23.9 Å². The van der Waals surface area contributed by atoms with E-state index in [9.17, 15) is 19.0 Å². The van der Waals surface area contributed by atoms with Crippen LogP contribution in [0, 0.1) is 0 Å². The van der Waals surface area contributed by atoms with Crippen molar-refractivity contribution in [3.05, 3.63) is 72.9 Å². The van der Waals surface area contributed by atoms with Gasteiger partial charge in [-0.05, 0) is 102 Å². The number of likely N-dealkylation sites (N-methyl/N-ethyl adjacent to an activating group) is 1. The van der Waals surface area contributed by atoms with Crippen LogP contribution >= 0.6 is 7.82 Å². The fraction of sp³-hybridized carbons (Fsp3) is 0.813. The molecule has 0 aliphatic carbocycles. The third-order valence-electron chi connectivity index (χ3n) is 16.1. The van der Waals surface area contributed by atoms with Crippen molar-refractivity contribution in [2.45, 2.75) is 354 Å². The lowest BCUT2D eigenvalue weighted by molar-refractivity contribution is -0.870. The predicted octanol–water partition coefficient (Wildman–Crippen LogP) is 23.1. The Balaban J connectivity index is 4.99. The molecule has 2 N–H and O–H groups in total. The molecule has 0 aromatic heterocycles. The summed E-state index contributed by atoms with van der Waals surface area (Å²) >= 11 is 0. The molecule has 496 valence electrons. The first-order valence-corrected chi connectivity index (χ1v) is 37.8. The van der Waals surface area contributed by atoms with E-state index in [1.54, 1.807) is 0 Å². The number of carbonyl (C=O) groups is 2. The molecule has 0 saturated heterocycles. The van der Waals surface area contributed by atoms with Crippen LogP contribution in [0.1, 0.15) is 342 Å². The largest absolute Gasteiger partial charge is 0.472 e. The number of unbranched alkanes of at least 4 members (excludes halogenated alkanes) is 40. The zero-order valence-electron chi connectivity index (χ0n) is 56.9. The molecule has 0 aromatic rings. The molecule has 9 nitrogen and oxygen atoms in total. The van der Waals surface area contributed by atoms with Gasteiger partial charge in [0.05, 0.1) is 33.8 Å². The van der Waals surface area contributed by atoms with Gasteiger partial charge < -0.3 is 19.4 Å². The smallest absolute Gasteiger partial charge is 0.456 e. The Morgan fingerprint density at radius 3 is 1.09 bits per heavy atom. The summed E-state index contributed by atoms with van der Waals surface area (Å²) in [5, 5.41) is 3.07. The van der Waals surface area contributed by atoms with E-state index in [2.05, 4.69) is 86.8 Å². The van der Waals surface area contributed by atoms with E-state index in [-0.39, 0.29) is 25.1 Å². The Morgan fingerprint density at radius 2 is 0.718 bits per heavy atom. The van der Waals surface area contributed by atoms with Crippen LogP contribution in [0.15, 0.2) is 72.9 Å². The number of amides is 1. The van der Waals surface area contributed by atoms with E-state index < -0.39 is 20.0 Å². The molecule has 0 rings (SSSR count). The van der Waals surface area contributed by atoms with Crippen LogP contribution in [-0.4, -0.2) is 74.3 Å². The second-order valence-corrected chi connectivity index (χ2v) is 27.2. The molecule has 3 unspecified atom stereocenters. The van der Waals surface area contributed by atoms with Gasteiger partial charge in [-0.1, -0.05) is 299 Å². The number of ether oxygens (including phenoxy) is 1. The second kappa shape index (κ2) is 64.4. The van der Waals surface area contributed by atoms with Crippen LogP contribution < -0.4 is 5.32 Å². The number of esters is 1. The summed E-state index contributed by atoms with van der Waals surface area (Å²) in [5.41, 5.74) is 0. The van der Waals surface area contributed by atoms with Gasteiger partial charge in [-0.2, -0.15) is 0 Å². The Kier molecular flexibility index (Phi) is 62.5. The third kappa shape index (κ3) is 65.7. The van der Waals surface area contributed by atoms with Gasteiger partial charge in [-0.25, -0.2) is 4.57 Å². The van der Waals surface area contributed by atoms with Crippen molar-refractivity contribution in [1.82, 2.24) is 5.32 Å². The molecule has 0 bridgehead atoms. The van der Waals surface area contributed by atoms with Crippen LogP contribution in [0.5, 0.6) is 0 Å². The van der Waals surface area contributed by atoms with E-state index in [0.717, 1.165) is 77.0 Å². The fourth-order valence-corrected chi connectivity index (χ4v) is 11.2. The Morgan fingerprint density at radius 1 is 0.412 bits per heavy atom. The molecule has 10 heteroatoms. The van der Waals surface area contributed by atoms with Gasteiger partial charge in [0.25, 0.3) is 0 Å². The number of quaternary nitrogens is 1. The lowest BCUT2D eigenvalue weighted by Crippen LogP contribution is -2.47. The van der Waals surface area contributed by atoms with Crippen LogP contribution in [0.4, 0.5) is 0 Å². The first-order chi connectivity index (χ1) is 41.4. The number of carbonyl (C=O) groups excluding carboxylic acids is 2. The van der Waals surface area contributed by atoms with E-state index in [4.69, 9.17) is 13.8 Å². The summed E-state index contributed by atoms with van der Waals surface area (Å²) in [6.45, 7) is 6.99. The SMILES string of the molecule is CCCCC/C=C\C/C=C\C/C=C\CCCCCCCCCCCCC(=O)NC(COP(=O)(O)OCC[N+](C)(C)C)C(/C=C/CCCCCCCCCCC)OC(=O)CCCCCCCCCCCCCCCCC/C=C\C/C=C\CCCCC. The van der Waals surface area contributed by atoms with Gasteiger partial charge in [0.2, 0.25) is 5.91 Å². The highest BCUT2D eigenvalue weighted by molar-refractivity contribution is 7.47. The first kappa shape index (κ1) is 82.5. The molecule has 0 fully saturated rings. The van der Waals surface area contributed by atoms with Gasteiger partial charge in [0.1, 0.15) is 19.3 Å². The zero-order chi connectivity index (χ0) is 62.1. The van der Waals surface area contributed by atoms with Crippen molar-refractivity contribution < 1.29 is 37.3 Å². The predicted molar refractivity (Wildman–Crippen MR) is 369 cm³/mol. The average molecular weight is 1210 g/mol. The molecule has 0 heterocycles. The van der Waals surface area contributed by atoms with Crippen molar-refractivity contribution >= 4 is 19.7 Å². The Hall–Kier alpha value is -2.55. The molecule has 0 aliphatic heterocycles. The van der Waals surface area contributed by atoms with E-state index >= 15 is 0 Å². The Bertz CT molecular complexity index is 1680. The molecular weight excluding hydrogens is 1070 g/mol. The van der Waals surface area contributed by atoms with Crippen LogP contribution in [0.2, 0.25) is 0 Å². The highest BCUT2D eigenvalue weighted by Crippen LogP contribution is 2.43. The molecule has 0 saturated carbocycles. The molecule has 85 heavy (non-hydrogen) atoms. The minimum absolute atomic E-state index is 0.0386. The molecular formula is C75H140N2O7P+. The summed E-state index contributed by atoms with van der Waals surface area (Å²) < 4.78 is 30.8. The number of hydrogen-bond donors (Lipinski definition) is 2. The topological polar surface area (TPSA) is 111 Å². The number of nitrogens with zero attached hydrogens (tertiary/aromatic N) is 1. The fourth-order valence-electron chi connectivity index (χ4n) is 10.5. The number of hydrogen-bond acceptors (Lipinski definition) is 6. The summed E-state index contributed by atoms with van der Waals surface area (Å²) in [7, 11) is 1.50. The van der Waals surface area contributed by atoms with Crippen LogP contribution in [0.25, 0.3) is 0 Å². The summed E-state index contributed by atoms with van der Waals surface area (Å²) in [5.74, 6) is -0.499. The summed E-state index contributed by atoms with van der Waals surface area (Å²) in [6.07, 6.45) is 84.9. The molecule has 0 radical (unpaired) electrons. The number of rotatable bonds is 66. The molecule has 1 amide bonds. The number of nitrogens with one attached hydrogen (secondary N) is 1. The lowest BCUT2D eigenvalue weighted by atomic mass is 10.0. The van der Waals surface area contributed by atoms with Crippen LogP contribution in [-0.2, 0) is 27.9 Å². The maximum atomic E-state index is 13.6. The quantitative estimate of drug-likeness (QED) is 0.0205. The second-order valence-electron chi connectivity index (χ2n) is 25.8. The van der Waals surface area contributed by atoms with Gasteiger partial charge in [-0.15, -0.1) is 0 Å². The maximum Gasteiger partial charge on any atom is 0.472 e. The molecule has 0 aromatic carbocycles. The number of phosphoric acid groups is 1. The van der Waals surface area contributed by atoms with Gasteiger partial charge in [0, 0.05) is 12.8 Å². The van der Waals surface area contributed by atoms with E-state index in [1.807, 2.05) is 33.3 Å². The number of allylic oxidation sites excluding steroid dienone is 11. The minimum Gasteiger partial charge on any atom is -0.456 e. The first-order valence-electron chi connectivity index (χ1n) is 36.3. The average Bonchev–Trinajstić information content (AvgIpc) is 3.62. The van der Waals surface area contributed by atoms with Crippen molar-refractivity contribution in [2.24, 2.45) is 0 Å². The standard InChI is InChI=1S/C75H139N2O7P/c1-7-10-13-16-19-22-25-27-29-31-33-35-37-38-40-42-44-46-48-50-53-56-59-62-65-68-75(79)84-73(66-63-60-57-54-51-24-21-18-15-12-9-3)72(71-83-85(80,81)82-70-69-77(4,5)6)76-74(78)67-64-61-58-55-52-49-47-45-43-41-39-36-34-32-30-28-26-23-20-17-14-11-8-2/h19-20,22-23,27-30,34,36,63,66,72-73H,7-18,21,24-26,31-33,35,37-62,64-65,67-71H2,1-6H3,(H-,76,78,80,81)/p+1/b22-19-,23-20-,29-27-,30-28-,36-34-,66-63+. The molecule has 0 aliphatic rings. The summed E-state index contributed by atoms with van der Waals surface area (Å²) in [4.78, 5) is 37.9. The summed E-state index contributed by atoms with van der Waals surface area (Å²) in [6, 6.07) is -0.853. The van der Waals surface area contributed by atoms with Gasteiger partial charge in [0.15, 0.2) is 0 Å². The number of phosphoric ester groups is 1. The highest BCUT2D eigenvalue weighted by atomic mass is 31.2. The van der Waals surface area contributed by atoms with Crippen molar-refractivity contribution in [2.75, 3.05) is 40.9 Å². The minimum atomic E-state index is -4.46. The third-order valence-corrected chi connectivity index (χ3v) is 17.1. The maximum absolute atomic E-state index is 13.6. The Labute approximate surface area is 527 Å². The molecule has 0 spiro atoms. The normalized spacial score (nSPS) is 13.9. The van der Waals surface area contributed by atoms with Gasteiger partial charge in [-0.3, -0.25) is 18.6 Å². The van der Waals surface area contributed by atoms with Gasteiger partial charge >= 0.3 is 13.8 Å². The van der Waals surface area contributed by atoms with Crippen LogP contribution in [0.3, 0.4) is 0 Å². The zero-order valence-corrected chi connectivity index (χ0v) is 57.7. The van der Waals surface area contributed by atoms with Crippen molar-refractivity contribution in [3.63, 3.8) is 0 Å². The highest BCUT2D eigenvalue weighted by Gasteiger charge is 2.30. The van der Waals surface area contributed by atoms with Crippen molar-refractivity contribution in [1.29, 1.82) is 0 Å². The molecule has 3 atom stereocenters. The van der Waals surface area contributed by atoms with E-state index in [1.165, 1.54) is 231 Å².